The van der Waals surface area contributed by atoms with Gasteiger partial charge in [-0.1, -0.05) is 0 Å². The number of nitrogens with zero attached hydrogens (tertiary/aromatic N) is 2. The van der Waals surface area contributed by atoms with Gasteiger partial charge in [-0.25, -0.2) is 28.1 Å². The molecule has 1 aliphatic heterocycles. The second kappa shape index (κ2) is 13.5. The Morgan fingerprint density at radius 2 is 1.69 bits per heavy atom. The van der Waals surface area contributed by atoms with Crippen molar-refractivity contribution in [2.45, 2.75) is 96.7 Å². The number of aromatic nitrogens is 2. The maximum absolute atomic E-state index is 15.0. The van der Waals surface area contributed by atoms with E-state index in [0.29, 0.717) is 4.57 Å². The zero-order valence-corrected chi connectivity index (χ0v) is 24.1. The molecule has 1 fully saturated rings. The van der Waals surface area contributed by atoms with Crippen LogP contribution in [0.15, 0.2) is 17.1 Å². The van der Waals surface area contributed by atoms with Crippen molar-refractivity contribution in [3.63, 3.8) is 0 Å². The van der Waals surface area contributed by atoms with E-state index in [1.54, 1.807) is 27.7 Å². The first-order valence-electron chi connectivity index (χ1n) is 12.1. The highest BCUT2D eigenvalue weighted by Gasteiger charge is 2.55. The minimum absolute atomic E-state index is 0.138. The molecule has 4 N–H and O–H groups in total. The quantitative estimate of drug-likeness (QED) is 0.224. The van der Waals surface area contributed by atoms with E-state index in [9.17, 15) is 23.2 Å². The number of ether oxygens (including phenoxy) is 3. The molecule has 1 aliphatic rings. The molecule has 0 aromatic carbocycles. The highest BCUT2D eigenvalue weighted by atomic mass is 32.4. The second-order valence-corrected chi connectivity index (χ2v) is 13.1. The van der Waals surface area contributed by atoms with Gasteiger partial charge in [0.05, 0.1) is 18.8 Å². The SMILES string of the molecule is CC(C)OC(=O)[C@H](C)NP(=S)(N[C@@H](C)C(=O)OC(C)C)OC[C@]1(C(F)F)C[C@H](F)[C@H](n2ccc(N)nc2=O)O1. The number of rotatable bonds is 13. The van der Waals surface area contributed by atoms with Crippen LogP contribution >= 0.6 is 6.57 Å². The van der Waals surface area contributed by atoms with Crippen LogP contribution in [0.3, 0.4) is 0 Å². The Kier molecular flexibility index (Phi) is 11.5. The summed E-state index contributed by atoms with van der Waals surface area (Å²) in [5.41, 5.74) is 1.93. The number of carbonyl (C=O) groups is 2. The maximum atomic E-state index is 15.0. The van der Waals surface area contributed by atoms with Gasteiger partial charge in [-0.15, -0.1) is 0 Å². The number of hydrogen-bond donors (Lipinski definition) is 3. The fourth-order valence-corrected chi connectivity index (χ4v) is 6.50. The molecule has 1 aromatic heterocycles. The normalized spacial score (nSPS) is 23.3. The van der Waals surface area contributed by atoms with E-state index in [-0.39, 0.29) is 5.82 Å². The van der Waals surface area contributed by atoms with E-state index in [2.05, 4.69) is 15.2 Å². The lowest BCUT2D eigenvalue weighted by molar-refractivity contribution is -0.167. The van der Waals surface area contributed by atoms with Crippen LogP contribution in [0.1, 0.15) is 54.2 Å². The van der Waals surface area contributed by atoms with Gasteiger partial charge in [0.1, 0.15) is 24.1 Å². The van der Waals surface area contributed by atoms with Crippen molar-refractivity contribution in [1.82, 2.24) is 19.7 Å². The fourth-order valence-electron chi connectivity index (χ4n) is 3.54. The maximum Gasteiger partial charge on any atom is 0.351 e. The van der Waals surface area contributed by atoms with E-state index in [1.807, 2.05) is 0 Å². The standard InChI is InChI=1S/C22H35F3N5O7PS/c1-11(2)35-18(31)13(5)28-38(39,29-14(6)19(32)36-12(3)4)34-10-22(20(24)25)9-15(23)17(37-22)30-8-7-16(26)27-21(30)33/h7-8,11-15,17,20H,9-10H2,1-6H3,(H2,26,27,33)(H2,28,29,39)/t13-,14-,15-,17+,22-/m0/s1. The largest absolute Gasteiger partial charge is 0.462 e. The van der Waals surface area contributed by atoms with E-state index in [1.165, 1.54) is 19.9 Å². The van der Waals surface area contributed by atoms with Crippen molar-refractivity contribution in [2.75, 3.05) is 12.3 Å². The molecule has 0 radical (unpaired) electrons. The predicted molar refractivity (Wildman–Crippen MR) is 139 cm³/mol. The summed E-state index contributed by atoms with van der Waals surface area (Å²) >= 11 is 5.56. The molecule has 5 atom stereocenters. The summed E-state index contributed by atoms with van der Waals surface area (Å²) in [5.74, 6) is -1.55. The lowest BCUT2D eigenvalue weighted by Crippen LogP contribution is -2.46. The minimum atomic E-state index is -3.69. The number of hydrogen-bond acceptors (Lipinski definition) is 10. The van der Waals surface area contributed by atoms with Gasteiger partial charge < -0.3 is 24.5 Å². The van der Waals surface area contributed by atoms with Gasteiger partial charge in [-0.3, -0.25) is 14.2 Å². The molecule has 17 heteroatoms. The zero-order valence-electron chi connectivity index (χ0n) is 22.4. The van der Waals surface area contributed by atoms with Gasteiger partial charge in [-0.05, 0) is 59.4 Å². The van der Waals surface area contributed by atoms with Crippen molar-refractivity contribution in [1.29, 1.82) is 0 Å². The van der Waals surface area contributed by atoms with Crippen molar-refractivity contribution in [2.24, 2.45) is 0 Å². The van der Waals surface area contributed by atoms with E-state index < -0.39 is 85.9 Å². The smallest absolute Gasteiger partial charge is 0.351 e. The van der Waals surface area contributed by atoms with Crippen LogP contribution in [-0.4, -0.2) is 70.6 Å². The number of nitrogens with two attached hydrogens (primary N) is 1. The van der Waals surface area contributed by atoms with Crippen molar-refractivity contribution < 1.29 is 41.5 Å². The molecule has 0 unspecified atom stereocenters. The summed E-state index contributed by atoms with van der Waals surface area (Å²) < 4.78 is 65.8. The van der Waals surface area contributed by atoms with Crippen LogP contribution in [0.25, 0.3) is 0 Å². The molecule has 0 saturated carbocycles. The molecule has 0 spiro atoms. The highest BCUT2D eigenvalue weighted by molar-refractivity contribution is 8.10. The number of carbonyl (C=O) groups excluding carboxylic acids is 2. The molecule has 1 saturated heterocycles. The van der Waals surface area contributed by atoms with Crippen LogP contribution in [0, 0.1) is 0 Å². The first kappa shape index (κ1) is 33.1. The molecule has 0 amide bonds. The average Bonchev–Trinajstić information content (AvgIpc) is 3.14. The molecule has 12 nitrogen and oxygen atoms in total. The number of halogens is 3. The Morgan fingerprint density at radius 1 is 1.18 bits per heavy atom. The van der Waals surface area contributed by atoms with Crippen LogP contribution in [-0.2, 0) is 40.1 Å². The van der Waals surface area contributed by atoms with Crippen LogP contribution in [0.2, 0.25) is 0 Å². The first-order chi connectivity index (χ1) is 18.0. The average molecular weight is 602 g/mol. The summed E-state index contributed by atoms with van der Waals surface area (Å²) in [6, 6.07) is -0.960. The van der Waals surface area contributed by atoms with E-state index in [0.717, 1.165) is 6.20 Å². The molecule has 0 bridgehead atoms. The number of nitrogens with one attached hydrogen (secondary N) is 2. The van der Waals surface area contributed by atoms with Crippen LogP contribution in [0.4, 0.5) is 19.0 Å². The van der Waals surface area contributed by atoms with E-state index in [4.69, 9.17) is 36.3 Å². The van der Waals surface area contributed by atoms with Gasteiger partial charge in [0, 0.05) is 12.6 Å². The third kappa shape index (κ3) is 8.95. The lowest BCUT2D eigenvalue weighted by Gasteiger charge is -2.34. The third-order valence-corrected chi connectivity index (χ3v) is 8.25. The van der Waals surface area contributed by atoms with Crippen molar-refractivity contribution >= 4 is 36.1 Å². The van der Waals surface area contributed by atoms with Gasteiger partial charge in [-0.2, -0.15) is 4.98 Å². The number of nitrogen functional groups attached to an aromatic ring is 1. The van der Waals surface area contributed by atoms with Crippen LogP contribution in [0.5, 0.6) is 0 Å². The number of esters is 2. The number of anilines is 1. The molecule has 2 rings (SSSR count). The highest BCUT2D eigenvalue weighted by Crippen LogP contribution is 2.47. The Morgan fingerprint density at radius 3 is 2.13 bits per heavy atom. The fraction of sp³-hybridized carbons (Fsp3) is 0.727. The topological polar surface area (TPSA) is 156 Å². The lowest BCUT2D eigenvalue weighted by atomic mass is 10.0. The summed E-state index contributed by atoms with van der Waals surface area (Å²) in [6.07, 6.45) is -7.71. The molecule has 0 aliphatic carbocycles. The molecule has 2 heterocycles. The summed E-state index contributed by atoms with van der Waals surface area (Å²) in [4.78, 5) is 40.4. The molecular weight excluding hydrogens is 566 g/mol. The number of alkyl halides is 3. The van der Waals surface area contributed by atoms with Gasteiger partial charge in [0.25, 0.3) is 6.43 Å². The molecule has 39 heavy (non-hydrogen) atoms. The van der Waals surface area contributed by atoms with Crippen LogP contribution < -0.4 is 21.6 Å². The summed E-state index contributed by atoms with van der Waals surface area (Å²) in [7, 11) is 0. The van der Waals surface area contributed by atoms with Gasteiger partial charge in [0.15, 0.2) is 18.4 Å². The molecular formula is C22H35F3N5O7PS. The van der Waals surface area contributed by atoms with Gasteiger partial charge in [0.2, 0.25) is 0 Å². The Bertz CT molecular complexity index is 1090. The monoisotopic (exact) mass is 601 g/mol. The van der Waals surface area contributed by atoms with Crippen molar-refractivity contribution in [3.8, 4) is 0 Å². The third-order valence-electron chi connectivity index (χ3n) is 5.36. The molecule has 222 valence electrons. The molecule has 1 aromatic rings. The van der Waals surface area contributed by atoms with Gasteiger partial charge >= 0.3 is 17.6 Å². The second-order valence-electron chi connectivity index (χ2n) is 9.63. The Balaban J connectivity index is 2.32. The summed E-state index contributed by atoms with van der Waals surface area (Å²) in [5, 5.41) is 5.45. The van der Waals surface area contributed by atoms with Crippen molar-refractivity contribution in [3.05, 3.63) is 22.7 Å². The Labute approximate surface area is 229 Å². The Hall–Kier alpha value is -2.10. The predicted octanol–water partition coefficient (Wildman–Crippen LogP) is 2.19. The first-order valence-corrected chi connectivity index (χ1v) is 14.9. The van der Waals surface area contributed by atoms with E-state index >= 15 is 4.39 Å². The summed E-state index contributed by atoms with van der Waals surface area (Å²) in [6.45, 7) is 4.72. The zero-order chi connectivity index (χ0) is 29.7. The minimum Gasteiger partial charge on any atom is -0.462 e.